The van der Waals surface area contributed by atoms with Crippen LogP contribution in [0.4, 0.5) is 26.3 Å². The Morgan fingerprint density at radius 3 is 2.27 bits per heavy atom. The molecule has 40 heavy (non-hydrogen) atoms. The first-order valence-corrected chi connectivity index (χ1v) is 14.1. The van der Waals surface area contributed by atoms with Crippen molar-refractivity contribution >= 4 is 6.08 Å². The average Bonchev–Trinajstić information content (AvgIpc) is 3.49. The molecule has 3 aliphatic rings. The van der Waals surface area contributed by atoms with Crippen molar-refractivity contribution in [3.05, 3.63) is 76.4 Å². The van der Waals surface area contributed by atoms with E-state index in [1.807, 2.05) is 0 Å². The van der Waals surface area contributed by atoms with E-state index < -0.39 is 23.5 Å². The van der Waals surface area contributed by atoms with E-state index in [2.05, 4.69) is 62.1 Å². The van der Waals surface area contributed by atoms with Crippen LogP contribution in [0, 0.1) is 17.3 Å². The molecular weight excluding hydrogens is 528 g/mol. The first kappa shape index (κ1) is 29.2. The summed E-state index contributed by atoms with van der Waals surface area (Å²) in [5.41, 5.74) is -0.101. The zero-order chi connectivity index (χ0) is 28.9. The average molecular weight is 566 g/mol. The second-order valence-corrected chi connectivity index (χ2v) is 12.4. The third kappa shape index (κ3) is 5.46. The molecule has 0 amide bonds. The van der Waals surface area contributed by atoms with E-state index in [1.54, 1.807) is 0 Å². The van der Waals surface area contributed by atoms with Crippen molar-refractivity contribution in [3.8, 4) is 0 Å². The number of hydrogen-bond acceptors (Lipinski definition) is 2. The van der Waals surface area contributed by atoms with Crippen LogP contribution in [-0.4, -0.2) is 30.6 Å². The maximum absolute atomic E-state index is 13.3. The quantitative estimate of drug-likeness (QED) is 0.325. The van der Waals surface area contributed by atoms with Crippen molar-refractivity contribution in [2.75, 3.05) is 19.7 Å². The van der Waals surface area contributed by atoms with E-state index in [9.17, 15) is 26.3 Å². The number of likely N-dealkylation sites (tertiary alicyclic amines) is 1. The van der Waals surface area contributed by atoms with E-state index in [0.717, 1.165) is 50.9 Å². The molecule has 0 aromatic heterocycles. The predicted octanol–water partition coefficient (Wildman–Crippen LogP) is 8.74. The molecule has 4 atom stereocenters. The molecule has 2 nitrogen and oxygen atoms in total. The molecule has 1 saturated carbocycles. The summed E-state index contributed by atoms with van der Waals surface area (Å²) in [6.45, 7) is 8.59. The van der Waals surface area contributed by atoms with Gasteiger partial charge in [0.15, 0.2) is 0 Å². The first-order chi connectivity index (χ1) is 18.7. The van der Waals surface area contributed by atoms with Crippen LogP contribution in [0.15, 0.2) is 48.5 Å². The smallest absolute Gasteiger partial charge is 0.376 e. The third-order valence-corrected chi connectivity index (χ3v) is 9.89. The van der Waals surface area contributed by atoms with Crippen LogP contribution in [0.1, 0.15) is 74.3 Å². The molecule has 5 rings (SSSR count). The second-order valence-electron chi connectivity index (χ2n) is 12.4. The van der Waals surface area contributed by atoms with Crippen LogP contribution < -0.4 is 0 Å². The van der Waals surface area contributed by atoms with Crippen molar-refractivity contribution in [1.29, 1.82) is 0 Å². The molecule has 218 valence electrons. The Morgan fingerprint density at radius 2 is 1.65 bits per heavy atom. The highest BCUT2D eigenvalue weighted by Crippen LogP contribution is 2.51. The minimum atomic E-state index is -4.87. The Bertz CT molecular complexity index is 1220. The van der Waals surface area contributed by atoms with Gasteiger partial charge >= 0.3 is 12.4 Å². The Kier molecular flexibility index (Phi) is 7.66. The summed E-state index contributed by atoms with van der Waals surface area (Å²) >= 11 is 0. The number of fused-ring (bicyclic) bond motifs is 2. The zero-order valence-corrected chi connectivity index (χ0v) is 23.2. The fourth-order valence-corrected chi connectivity index (χ4v) is 7.29. The first-order valence-electron chi connectivity index (χ1n) is 14.1. The zero-order valence-electron chi connectivity index (χ0n) is 23.2. The van der Waals surface area contributed by atoms with Gasteiger partial charge in [0, 0.05) is 18.0 Å². The summed E-state index contributed by atoms with van der Waals surface area (Å²) in [7, 11) is 0. The van der Waals surface area contributed by atoms with Gasteiger partial charge < -0.3 is 9.64 Å². The van der Waals surface area contributed by atoms with E-state index in [0.29, 0.717) is 18.6 Å². The molecule has 2 aliphatic carbocycles. The van der Waals surface area contributed by atoms with Crippen LogP contribution in [-0.2, 0) is 29.1 Å². The minimum absolute atomic E-state index is 0.0736. The van der Waals surface area contributed by atoms with Gasteiger partial charge in [-0.15, -0.1) is 0 Å². The van der Waals surface area contributed by atoms with E-state index in [4.69, 9.17) is 4.74 Å². The number of benzene rings is 2. The standard InChI is InChI=1S/C32H37F6NO/c1-21(2)29(20-40-19-23-14-25(31(33,34)35)16-26(15-23)32(36,37)38)10-9-27(17-29)39-13-12-30(22(3)18-39)11-8-24-6-4-5-7-28(24)30/h4-8,11,14-16,21-22,27H,9-10,12-13,17-20H2,1-3H3/t22?,27?,29-,30+/m1/s1. The summed E-state index contributed by atoms with van der Waals surface area (Å²) in [6, 6.07) is 10.7. The van der Waals surface area contributed by atoms with Crippen LogP contribution >= 0.6 is 0 Å². The van der Waals surface area contributed by atoms with Crippen LogP contribution in [0.3, 0.4) is 0 Å². The predicted molar refractivity (Wildman–Crippen MR) is 144 cm³/mol. The Labute approximate surface area is 232 Å². The normalized spacial score (nSPS) is 29.1. The largest absolute Gasteiger partial charge is 0.416 e. The maximum atomic E-state index is 13.3. The highest BCUT2D eigenvalue weighted by Gasteiger charge is 2.48. The highest BCUT2D eigenvalue weighted by molar-refractivity contribution is 5.65. The van der Waals surface area contributed by atoms with Gasteiger partial charge in [-0.3, -0.25) is 0 Å². The molecule has 1 spiro atoms. The monoisotopic (exact) mass is 565 g/mol. The molecule has 8 heteroatoms. The molecule has 0 N–H and O–H groups in total. The molecule has 1 saturated heterocycles. The van der Waals surface area contributed by atoms with Crippen LogP contribution in [0.25, 0.3) is 6.08 Å². The number of ether oxygens (including phenoxy) is 1. The Morgan fingerprint density at radius 1 is 0.975 bits per heavy atom. The van der Waals surface area contributed by atoms with Gasteiger partial charge in [-0.25, -0.2) is 0 Å². The Hall–Kier alpha value is -2.32. The van der Waals surface area contributed by atoms with E-state index in [1.165, 1.54) is 11.1 Å². The Balaban J connectivity index is 1.24. The van der Waals surface area contributed by atoms with Gasteiger partial charge in [-0.1, -0.05) is 57.2 Å². The summed E-state index contributed by atoms with van der Waals surface area (Å²) in [5, 5.41) is 0. The lowest BCUT2D eigenvalue weighted by Gasteiger charge is -2.47. The highest BCUT2D eigenvalue weighted by atomic mass is 19.4. The summed E-state index contributed by atoms with van der Waals surface area (Å²) in [5.74, 6) is 0.720. The van der Waals surface area contributed by atoms with Crippen LogP contribution in [0.5, 0.6) is 0 Å². The van der Waals surface area contributed by atoms with Gasteiger partial charge in [-0.2, -0.15) is 26.3 Å². The second kappa shape index (κ2) is 10.5. The van der Waals surface area contributed by atoms with Crippen molar-refractivity contribution in [2.24, 2.45) is 17.3 Å². The molecule has 0 bridgehead atoms. The molecule has 0 radical (unpaired) electrons. The third-order valence-electron chi connectivity index (χ3n) is 9.89. The molecule has 1 heterocycles. The SMILES string of the molecule is CC(C)[C@]1(COCc2cc(C(F)(F)F)cc(C(F)(F)F)c2)CCC(N2CC[C@@]3(C=Cc4ccccc43)C(C)C2)C1. The number of allylic oxidation sites excluding steroid dienone is 1. The van der Waals surface area contributed by atoms with Crippen molar-refractivity contribution < 1.29 is 31.1 Å². The lowest BCUT2D eigenvalue weighted by Crippen LogP contribution is -2.50. The van der Waals surface area contributed by atoms with Gasteiger partial charge in [0.25, 0.3) is 0 Å². The number of hydrogen-bond donors (Lipinski definition) is 0. The molecular formula is C32H37F6NO. The summed E-state index contributed by atoms with van der Waals surface area (Å²) in [6.07, 6.45) is -1.20. The fraction of sp³-hybridized carbons (Fsp3) is 0.562. The van der Waals surface area contributed by atoms with E-state index in [-0.39, 0.29) is 35.0 Å². The number of piperidine rings is 1. The van der Waals surface area contributed by atoms with Gasteiger partial charge in [0.1, 0.15) is 0 Å². The van der Waals surface area contributed by atoms with Crippen LogP contribution in [0.2, 0.25) is 0 Å². The summed E-state index contributed by atoms with van der Waals surface area (Å²) < 4.78 is 85.5. The lowest BCUT2D eigenvalue weighted by atomic mass is 9.67. The number of rotatable bonds is 6. The van der Waals surface area contributed by atoms with Gasteiger partial charge in [0.2, 0.25) is 0 Å². The number of nitrogens with zero attached hydrogens (tertiary/aromatic N) is 1. The maximum Gasteiger partial charge on any atom is 0.416 e. The van der Waals surface area contributed by atoms with Crippen molar-refractivity contribution in [1.82, 2.24) is 4.90 Å². The lowest BCUT2D eigenvalue weighted by molar-refractivity contribution is -0.143. The molecule has 2 aromatic rings. The number of halogens is 6. The van der Waals surface area contributed by atoms with Crippen molar-refractivity contribution in [2.45, 2.75) is 76.9 Å². The molecule has 2 aromatic carbocycles. The molecule has 2 unspecified atom stereocenters. The van der Waals surface area contributed by atoms with Crippen molar-refractivity contribution in [3.63, 3.8) is 0 Å². The molecule has 2 fully saturated rings. The number of alkyl halides is 6. The minimum Gasteiger partial charge on any atom is -0.376 e. The van der Waals surface area contributed by atoms with Gasteiger partial charge in [0.05, 0.1) is 24.3 Å². The fourth-order valence-electron chi connectivity index (χ4n) is 7.29. The topological polar surface area (TPSA) is 12.5 Å². The van der Waals surface area contributed by atoms with Gasteiger partial charge in [-0.05, 0) is 84.4 Å². The summed E-state index contributed by atoms with van der Waals surface area (Å²) in [4.78, 5) is 2.59. The van der Waals surface area contributed by atoms with E-state index >= 15 is 0 Å². The molecule has 1 aliphatic heterocycles.